The Morgan fingerprint density at radius 2 is 1.61 bits per heavy atom. The van der Waals surface area contributed by atoms with Gasteiger partial charge in [-0.3, -0.25) is 4.48 Å². The highest BCUT2D eigenvalue weighted by atomic mass is 19.1. The van der Waals surface area contributed by atoms with Crippen LogP contribution in [0.25, 0.3) is 11.3 Å². The van der Waals surface area contributed by atoms with Gasteiger partial charge in [-0.2, -0.15) is 0 Å². The van der Waals surface area contributed by atoms with E-state index >= 15 is 0 Å². The summed E-state index contributed by atoms with van der Waals surface area (Å²) >= 11 is 0. The summed E-state index contributed by atoms with van der Waals surface area (Å²) in [5, 5.41) is 4.17. The van der Waals surface area contributed by atoms with Gasteiger partial charge in [0.05, 0.1) is 20.0 Å². The van der Waals surface area contributed by atoms with E-state index in [1.807, 2.05) is 6.07 Å². The molecule has 0 radical (unpaired) electrons. The van der Waals surface area contributed by atoms with Crippen molar-refractivity contribution in [1.82, 2.24) is 19.9 Å². The van der Waals surface area contributed by atoms with Crippen LogP contribution in [0.1, 0.15) is 5.76 Å². The van der Waals surface area contributed by atoms with Crippen LogP contribution in [0.5, 0.6) is 0 Å². The van der Waals surface area contributed by atoms with Gasteiger partial charge in [0, 0.05) is 11.6 Å². The average Bonchev–Trinajstić information content (AvgIpc) is 2.94. The van der Waals surface area contributed by atoms with Gasteiger partial charge in [-0.05, 0) is 24.3 Å². The third-order valence-electron chi connectivity index (χ3n) is 4.89. The molecule has 1 aromatic heterocycles. The molecule has 7 heteroatoms. The summed E-state index contributed by atoms with van der Waals surface area (Å²) < 4.78 is 19.6. The van der Waals surface area contributed by atoms with E-state index in [4.69, 9.17) is 4.52 Å². The summed E-state index contributed by atoms with van der Waals surface area (Å²) in [5.41, 5.74) is 1.66. The van der Waals surface area contributed by atoms with Crippen molar-refractivity contribution in [2.45, 2.75) is 6.54 Å². The zero-order chi connectivity index (χ0) is 15.4. The van der Waals surface area contributed by atoms with E-state index < -0.39 is 0 Å². The number of rotatable bonds is 3. The van der Waals surface area contributed by atoms with Crippen molar-refractivity contribution < 1.29 is 13.4 Å². The average molecular weight is 316 g/mol. The molecule has 0 N–H and O–H groups in total. The van der Waals surface area contributed by atoms with E-state index in [2.05, 4.69) is 19.9 Å². The molecule has 23 heavy (non-hydrogen) atoms. The maximum Gasteiger partial charge on any atom is 0.191 e. The van der Waals surface area contributed by atoms with E-state index in [9.17, 15) is 4.39 Å². The highest BCUT2D eigenvalue weighted by Crippen LogP contribution is 2.31. The Balaban J connectivity index is 1.38. The van der Waals surface area contributed by atoms with Crippen molar-refractivity contribution in [1.29, 1.82) is 0 Å². The fourth-order valence-corrected chi connectivity index (χ4v) is 4.28. The van der Waals surface area contributed by atoms with Crippen molar-refractivity contribution in [3.63, 3.8) is 0 Å². The largest absolute Gasteiger partial charge is 0.355 e. The molecule has 4 saturated heterocycles. The first-order chi connectivity index (χ1) is 11.2. The third-order valence-corrected chi connectivity index (χ3v) is 4.89. The molecule has 5 heterocycles. The third kappa shape index (κ3) is 2.36. The van der Waals surface area contributed by atoms with Crippen LogP contribution in [0.3, 0.4) is 0 Å². The lowest BCUT2D eigenvalue weighted by Crippen LogP contribution is -2.78. The highest BCUT2D eigenvalue weighted by molar-refractivity contribution is 5.58. The molecule has 4 bridgehead atoms. The van der Waals surface area contributed by atoms with Crippen LogP contribution < -0.4 is 0 Å². The first-order valence-corrected chi connectivity index (χ1v) is 7.91. The van der Waals surface area contributed by atoms with Gasteiger partial charge in [-0.25, -0.2) is 19.1 Å². The summed E-state index contributed by atoms with van der Waals surface area (Å²) in [6, 6.07) is 8.36. The Bertz CT molecular complexity index is 693. The molecule has 0 amide bonds. The lowest BCUT2D eigenvalue weighted by Gasteiger charge is -2.60. The second-order valence-corrected chi connectivity index (χ2v) is 7.05. The molecule has 0 saturated carbocycles. The standard InChI is InChI=1S/C16H19FN5O/c17-14-3-1-13(2-4-14)16-5-15(23-18-16)6-22-10-19-7-20(11-22)9-21(8-19)12-22/h1-5H,6-12H2/q+1. The Kier molecular flexibility index (Phi) is 2.87. The number of halogens is 1. The molecular formula is C16H19FN5O+. The maximum atomic E-state index is 13.0. The Morgan fingerprint density at radius 1 is 1.00 bits per heavy atom. The van der Waals surface area contributed by atoms with Gasteiger partial charge in [-0.15, -0.1) is 0 Å². The van der Waals surface area contributed by atoms with Crippen LogP contribution in [-0.2, 0) is 6.54 Å². The van der Waals surface area contributed by atoms with Gasteiger partial charge in [0.1, 0.15) is 38.1 Å². The van der Waals surface area contributed by atoms with Crippen molar-refractivity contribution in [2.75, 3.05) is 40.0 Å². The molecule has 4 aliphatic rings. The number of hydrogen-bond acceptors (Lipinski definition) is 5. The fourth-order valence-electron chi connectivity index (χ4n) is 4.28. The van der Waals surface area contributed by atoms with Crippen LogP contribution in [-0.4, -0.2) is 64.4 Å². The minimum absolute atomic E-state index is 0.236. The molecule has 6 nitrogen and oxygen atoms in total. The molecule has 0 aliphatic carbocycles. The van der Waals surface area contributed by atoms with Crippen LogP contribution in [0.2, 0.25) is 0 Å². The highest BCUT2D eigenvalue weighted by Gasteiger charge is 2.48. The second kappa shape index (κ2) is 4.85. The molecule has 6 rings (SSSR count). The zero-order valence-electron chi connectivity index (χ0n) is 12.9. The molecule has 120 valence electrons. The van der Waals surface area contributed by atoms with Gasteiger partial charge >= 0.3 is 0 Å². The maximum absolute atomic E-state index is 13.0. The van der Waals surface area contributed by atoms with Gasteiger partial charge in [-0.1, -0.05) is 5.16 Å². The van der Waals surface area contributed by atoms with Crippen molar-refractivity contribution >= 4 is 0 Å². The number of benzene rings is 1. The summed E-state index contributed by atoms with van der Waals surface area (Å²) in [5.74, 6) is 0.662. The quantitative estimate of drug-likeness (QED) is 0.802. The second-order valence-electron chi connectivity index (χ2n) is 7.05. The topological polar surface area (TPSA) is 35.8 Å². The Labute approximate surface area is 133 Å². The lowest BCUT2D eigenvalue weighted by atomic mass is 10.1. The monoisotopic (exact) mass is 316 g/mol. The molecule has 4 fully saturated rings. The van der Waals surface area contributed by atoms with Crippen LogP contribution >= 0.6 is 0 Å². The summed E-state index contributed by atoms with van der Waals surface area (Å²) in [6.45, 7) is 7.28. The summed E-state index contributed by atoms with van der Waals surface area (Å²) in [4.78, 5) is 7.44. The van der Waals surface area contributed by atoms with Crippen LogP contribution in [0.4, 0.5) is 4.39 Å². The number of nitrogens with zero attached hydrogens (tertiary/aromatic N) is 5. The number of hydrogen-bond donors (Lipinski definition) is 0. The predicted molar refractivity (Wildman–Crippen MR) is 80.6 cm³/mol. The van der Waals surface area contributed by atoms with Crippen LogP contribution in [0, 0.1) is 5.82 Å². The van der Waals surface area contributed by atoms with E-state index in [-0.39, 0.29) is 5.82 Å². The Morgan fingerprint density at radius 3 is 2.22 bits per heavy atom. The normalized spacial score (nSPS) is 34.9. The van der Waals surface area contributed by atoms with Gasteiger partial charge < -0.3 is 4.52 Å². The van der Waals surface area contributed by atoms with Gasteiger partial charge in [0.25, 0.3) is 0 Å². The minimum atomic E-state index is -0.236. The fraction of sp³-hybridized carbons (Fsp3) is 0.438. The smallest absolute Gasteiger partial charge is 0.191 e. The lowest BCUT2D eigenvalue weighted by molar-refractivity contribution is -0.992. The van der Waals surface area contributed by atoms with Crippen molar-refractivity contribution in [2.24, 2.45) is 0 Å². The molecular weight excluding hydrogens is 297 g/mol. The molecule has 0 unspecified atom stereocenters. The zero-order valence-corrected chi connectivity index (χ0v) is 12.9. The van der Waals surface area contributed by atoms with E-state index in [1.165, 1.54) is 12.1 Å². The molecule has 1 aromatic carbocycles. The molecule has 0 atom stereocenters. The van der Waals surface area contributed by atoms with Crippen LogP contribution in [0.15, 0.2) is 34.9 Å². The summed E-state index contributed by atoms with van der Waals surface area (Å²) in [7, 11) is 0. The molecule has 2 aromatic rings. The Hall–Kier alpha value is -1.80. The summed E-state index contributed by atoms with van der Waals surface area (Å²) in [6.07, 6.45) is 0. The first kappa shape index (κ1) is 13.6. The van der Waals surface area contributed by atoms with Crippen molar-refractivity contribution in [3.05, 3.63) is 41.9 Å². The van der Waals surface area contributed by atoms with Crippen molar-refractivity contribution in [3.8, 4) is 11.3 Å². The van der Waals surface area contributed by atoms with E-state index in [0.717, 1.165) is 68.1 Å². The first-order valence-electron chi connectivity index (χ1n) is 7.91. The number of quaternary nitrogens is 1. The number of aromatic nitrogens is 1. The molecule has 0 spiro atoms. The SMILES string of the molecule is Fc1ccc(-c2cc(C[N+]34CN5CN(CN(C5)C3)C4)on2)cc1. The van der Waals surface area contributed by atoms with E-state index in [1.54, 1.807) is 12.1 Å². The van der Waals surface area contributed by atoms with Gasteiger partial charge in [0.15, 0.2) is 5.76 Å². The van der Waals surface area contributed by atoms with E-state index in [0.29, 0.717) is 0 Å². The molecule has 4 aliphatic heterocycles. The predicted octanol–water partition coefficient (Wildman–Crippen LogP) is 1.49. The van der Waals surface area contributed by atoms with Gasteiger partial charge in [0.2, 0.25) is 0 Å². The minimum Gasteiger partial charge on any atom is -0.355 e.